The molecule has 9 heavy (non-hydrogen) atoms. The first kappa shape index (κ1) is 6.89. The molecule has 2 nitrogen and oxygen atoms in total. The summed E-state index contributed by atoms with van der Waals surface area (Å²) in [5.41, 5.74) is 0. The molecule has 0 radical (unpaired) electrons. The molecule has 0 spiro atoms. The van der Waals surface area contributed by atoms with Crippen molar-refractivity contribution in [3.8, 4) is 0 Å². The Hall–Kier alpha value is -0.220. The minimum Gasteiger partial charge on any atom is -0.370 e. The molecule has 0 aromatic heterocycles. The number of nitrogens with one attached hydrogen (secondary N) is 1. The van der Waals surface area contributed by atoms with Gasteiger partial charge in [-0.05, 0) is 0 Å². The quantitative estimate of drug-likeness (QED) is 0.559. The van der Waals surface area contributed by atoms with E-state index >= 15 is 0 Å². The van der Waals surface area contributed by atoms with Crippen LogP contribution < -0.4 is 5.32 Å². The number of halogens is 2. The second-order valence-electron chi connectivity index (χ2n) is 1.95. The van der Waals surface area contributed by atoms with E-state index in [0.717, 1.165) is 0 Å². The van der Waals surface area contributed by atoms with Crippen molar-refractivity contribution < 1.29 is 13.5 Å². The summed E-state index contributed by atoms with van der Waals surface area (Å²) in [5.74, 6) is 0. The standard InChI is InChI=1S/C5H9F2NO/c6-5(7)4-3-8-1-2-9-4/h4-5,8H,1-3H2/t4-/m1/s1. The van der Waals surface area contributed by atoms with Crippen molar-refractivity contribution in [2.45, 2.75) is 12.5 Å². The van der Waals surface area contributed by atoms with Crippen LogP contribution in [0.4, 0.5) is 8.78 Å². The molecule has 1 aliphatic heterocycles. The Kier molecular flexibility index (Phi) is 2.36. The van der Waals surface area contributed by atoms with Crippen LogP contribution in [0, 0.1) is 0 Å². The van der Waals surface area contributed by atoms with Crippen molar-refractivity contribution in [2.24, 2.45) is 0 Å². The van der Waals surface area contributed by atoms with Crippen LogP contribution in [0.15, 0.2) is 0 Å². The molecule has 54 valence electrons. The van der Waals surface area contributed by atoms with E-state index in [-0.39, 0.29) is 6.54 Å². The third-order valence-electron chi connectivity index (χ3n) is 1.24. The fraction of sp³-hybridized carbons (Fsp3) is 1.00. The van der Waals surface area contributed by atoms with Crippen LogP contribution in [0.1, 0.15) is 0 Å². The Morgan fingerprint density at radius 3 is 2.67 bits per heavy atom. The van der Waals surface area contributed by atoms with Gasteiger partial charge >= 0.3 is 0 Å². The van der Waals surface area contributed by atoms with E-state index in [0.29, 0.717) is 13.2 Å². The summed E-state index contributed by atoms with van der Waals surface area (Å²) in [6.07, 6.45) is -3.24. The average Bonchev–Trinajstić information content (AvgIpc) is 1.90. The highest BCUT2D eigenvalue weighted by Crippen LogP contribution is 2.06. The average molecular weight is 137 g/mol. The van der Waals surface area contributed by atoms with Crippen LogP contribution >= 0.6 is 0 Å². The van der Waals surface area contributed by atoms with Gasteiger partial charge in [0.2, 0.25) is 0 Å². The third kappa shape index (κ3) is 1.87. The van der Waals surface area contributed by atoms with Gasteiger partial charge in [0.05, 0.1) is 6.61 Å². The Morgan fingerprint density at radius 1 is 1.56 bits per heavy atom. The largest absolute Gasteiger partial charge is 0.370 e. The van der Waals surface area contributed by atoms with E-state index in [1.165, 1.54) is 0 Å². The van der Waals surface area contributed by atoms with Gasteiger partial charge in [0.25, 0.3) is 6.43 Å². The topological polar surface area (TPSA) is 21.3 Å². The molecular weight excluding hydrogens is 128 g/mol. The first-order chi connectivity index (χ1) is 4.30. The smallest absolute Gasteiger partial charge is 0.265 e. The number of alkyl halides is 2. The minimum atomic E-state index is -2.35. The maximum absolute atomic E-state index is 11.8. The Bertz CT molecular complexity index is 83.0. The van der Waals surface area contributed by atoms with E-state index < -0.39 is 12.5 Å². The van der Waals surface area contributed by atoms with Crippen molar-refractivity contribution in [3.63, 3.8) is 0 Å². The third-order valence-corrected chi connectivity index (χ3v) is 1.24. The first-order valence-electron chi connectivity index (χ1n) is 2.91. The molecule has 1 N–H and O–H groups in total. The molecule has 0 aromatic carbocycles. The highest BCUT2D eigenvalue weighted by Gasteiger charge is 2.22. The molecule has 1 aliphatic rings. The Morgan fingerprint density at radius 2 is 2.33 bits per heavy atom. The zero-order valence-electron chi connectivity index (χ0n) is 4.94. The minimum absolute atomic E-state index is 0.275. The molecule has 1 atom stereocenters. The van der Waals surface area contributed by atoms with Gasteiger partial charge in [-0.15, -0.1) is 0 Å². The fourth-order valence-electron chi connectivity index (χ4n) is 0.748. The summed E-state index contributed by atoms with van der Waals surface area (Å²) < 4.78 is 28.2. The van der Waals surface area contributed by atoms with E-state index in [1.807, 2.05) is 0 Å². The molecule has 1 saturated heterocycles. The molecule has 0 unspecified atom stereocenters. The lowest BCUT2D eigenvalue weighted by atomic mass is 10.3. The molecule has 0 bridgehead atoms. The van der Waals surface area contributed by atoms with Gasteiger partial charge in [-0.2, -0.15) is 0 Å². The Balaban J connectivity index is 2.23. The monoisotopic (exact) mass is 137 g/mol. The second-order valence-corrected chi connectivity index (χ2v) is 1.95. The zero-order chi connectivity index (χ0) is 6.69. The predicted molar refractivity (Wildman–Crippen MR) is 28.6 cm³/mol. The lowest BCUT2D eigenvalue weighted by Crippen LogP contribution is -2.42. The van der Waals surface area contributed by atoms with Crippen molar-refractivity contribution in [2.75, 3.05) is 19.7 Å². The first-order valence-corrected chi connectivity index (χ1v) is 2.91. The van der Waals surface area contributed by atoms with Gasteiger partial charge in [0, 0.05) is 13.1 Å². The summed E-state index contributed by atoms with van der Waals surface area (Å²) in [5, 5.41) is 2.81. The molecular formula is C5H9F2NO. The van der Waals surface area contributed by atoms with Crippen LogP contribution in [0.2, 0.25) is 0 Å². The highest BCUT2D eigenvalue weighted by atomic mass is 19.3. The molecule has 0 saturated carbocycles. The Labute approximate surface area is 52.2 Å². The van der Waals surface area contributed by atoms with Crippen LogP contribution in [0.3, 0.4) is 0 Å². The summed E-state index contributed by atoms with van der Waals surface area (Å²) in [6.45, 7) is 1.36. The number of hydrogen-bond donors (Lipinski definition) is 1. The van der Waals surface area contributed by atoms with Gasteiger partial charge in [-0.3, -0.25) is 0 Å². The molecule has 4 heteroatoms. The van der Waals surface area contributed by atoms with Gasteiger partial charge in [0.15, 0.2) is 0 Å². The van der Waals surface area contributed by atoms with Gasteiger partial charge < -0.3 is 10.1 Å². The number of morpholine rings is 1. The normalized spacial score (nSPS) is 29.0. The molecule has 0 amide bonds. The van der Waals surface area contributed by atoms with Crippen LogP contribution in [-0.2, 0) is 4.74 Å². The molecule has 1 rings (SSSR count). The summed E-state index contributed by atoms with van der Waals surface area (Å²) >= 11 is 0. The summed E-state index contributed by atoms with van der Waals surface area (Å²) in [6, 6.07) is 0. The predicted octanol–water partition coefficient (Wildman–Crippen LogP) is 0.240. The lowest BCUT2D eigenvalue weighted by Gasteiger charge is -2.22. The van der Waals surface area contributed by atoms with Crippen molar-refractivity contribution >= 4 is 0 Å². The number of rotatable bonds is 1. The zero-order valence-corrected chi connectivity index (χ0v) is 4.94. The van der Waals surface area contributed by atoms with Gasteiger partial charge in [-0.25, -0.2) is 8.78 Å². The second kappa shape index (κ2) is 3.08. The maximum atomic E-state index is 11.8. The maximum Gasteiger partial charge on any atom is 0.265 e. The van der Waals surface area contributed by atoms with E-state index in [1.54, 1.807) is 0 Å². The van der Waals surface area contributed by atoms with Crippen molar-refractivity contribution in [3.05, 3.63) is 0 Å². The molecule has 1 fully saturated rings. The molecule has 0 aliphatic carbocycles. The van der Waals surface area contributed by atoms with E-state index in [2.05, 4.69) is 5.32 Å². The number of ether oxygens (including phenoxy) is 1. The summed E-state index contributed by atoms with van der Waals surface area (Å²) in [4.78, 5) is 0. The van der Waals surface area contributed by atoms with Crippen LogP contribution in [0.25, 0.3) is 0 Å². The van der Waals surface area contributed by atoms with Crippen molar-refractivity contribution in [1.29, 1.82) is 0 Å². The van der Waals surface area contributed by atoms with E-state index in [4.69, 9.17) is 4.74 Å². The van der Waals surface area contributed by atoms with Crippen LogP contribution in [0.5, 0.6) is 0 Å². The number of hydrogen-bond acceptors (Lipinski definition) is 2. The molecule has 0 aromatic rings. The lowest BCUT2D eigenvalue weighted by molar-refractivity contribution is -0.0686. The van der Waals surface area contributed by atoms with Crippen molar-refractivity contribution in [1.82, 2.24) is 5.32 Å². The van der Waals surface area contributed by atoms with Gasteiger partial charge in [-0.1, -0.05) is 0 Å². The SMILES string of the molecule is FC(F)[C@H]1CNCCO1. The van der Waals surface area contributed by atoms with Crippen LogP contribution in [-0.4, -0.2) is 32.2 Å². The molecule has 1 heterocycles. The van der Waals surface area contributed by atoms with E-state index in [9.17, 15) is 8.78 Å². The summed E-state index contributed by atoms with van der Waals surface area (Å²) in [7, 11) is 0. The highest BCUT2D eigenvalue weighted by molar-refractivity contribution is 4.68. The van der Waals surface area contributed by atoms with Gasteiger partial charge in [0.1, 0.15) is 6.10 Å². The fourth-order valence-corrected chi connectivity index (χ4v) is 0.748.